The van der Waals surface area contributed by atoms with Crippen LogP contribution >= 0.6 is 0 Å². The minimum Gasteiger partial charge on any atom is -0.394 e. The van der Waals surface area contributed by atoms with E-state index in [4.69, 9.17) is 18.9 Å². The van der Waals surface area contributed by atoms with Gasteiger partial charge in [0.2, 0.25) is 0 Å². The Morgan fingerprint density at radius 3 is 2.08 bits per heavy atom. The van der Waals surface area contributed by atoms with E-state index in [9.17, 15) is 25.5 Å². The van der Waals surface area contributed by atoms with Gasteiger partial charge in [0.1, 0.15) is 24.4 Å². The van der Waals surface area contributed by atoms with E-state index in [0.717, 1.165) is 0 Å². The van der Waals surface area contributed by atoms with Gasteiger partial charge in [-0.15, -0.1) is 0 Å². The van der Waals surface area contributed by atoms with Crippen molar-refractivity contribution in [2.24, 2.45) is 5.92 Å². The van der Waals surface area contributed by atoms with E-state index >= 15 is 0 Å². The highest BCUT2D eigenvalue weighted by atomic mass is 16.7. The Balaban J connectivity index is 2.07. The van der Waals surface area contributed by atoms with Crippen molar-refractivity contribution in [3.8, 4) is 0 Å². The molecule has 9 nitrogen and oxygen atoms in total. The molecule has 2 heterocycles. The molecule has 0 saturated carbocycles. The molecule has 0 radical (unpaired) electrons. The Morgan fingerprint density at radius 2 is 1.52 bits per heavy atom. The van der Waals surface area contributed by atoms with Crippen LogP contribution in [0.4, 0.5) is 0 Å². The molecule has 0 aromatic carbocycles. The summed E-state index contributed by atoms with van der Waals surface area (Å²) in [5, 5.41) is 50.4. The summed E-state index contributed by atoms with van der Waals surface area (Å²) < 4.78 is 21.9. The van der Waals surface area contributed by atoms with Crippen LogP contribution in [0.2, 0.25) is 0 Å². The van der Waals surface area contributed by atoms with E-state index in [1.165, 1.54) is 0 Å². The molecule has 2 aliphatic rings. The van der Waals surface area contributed by atoms with Gasteiger partial charge in [0.25, 0.3) is 0 Å². The molecule has 0 aromatic heterocycles. The van der Waals surface area contributed by atoms with Gasteiger partial charge < -0.3 is 44.5 Å². The van der Waals surface area contributed by atoms with E-state index in [0.29, 0.717) is 13.0 Å². The van der Waals surface area contributed by atoms with Crippen molar-refractivity contribution in [1.29, 1.82) is 0 Å². The van der Waals surface area contributed by atoms with Crippen molar-refractivity contribution >= 4 is 0 Å². The highest BCUT2D eigenvalue weighted by molar-refractivity contribution is 4.92. The average molecular weight is 366 g/mol. The second-order valence-corrected chi connectivity index (χ2v) is 6.53. The molecule has 0 aliphatic carbocycles. The molecule has 2 aliphatic heterocycles. The van der Waals surface area contributed by atoms with Crippen molar-refractivity contribution in [2.75, 3.05) is 13.2 Å². The van der Waals surface area contributed by atoms with Gasteiger partial charge in [0.15, 0.2) is 12.6 Å². The first kappa shape index (κ1) is 20.9. The van der Waals surface area contributed by atoms with E-state index in [1.54, 1.807) is 13.8 Å². The average Bonchev–Trinajstić information content (AvgIpc) is 2.59. The third kappa shape index (κ3) is 4.32. The SMILES string of the molecule is CCO[C@@H]1OC(C)C(O[C@@H]2OC(CO)C(CC)C(O)C2O)C(O)C1O. The lowest BCUT2D eigenvalue weighted by molar-refractivity contribution is -0.351. The van der Waals surface area contributed by atoms with Crippen molar-refractivity contribution < 1.29 is 44.5 Å². The molecule has 8 unspecified atom stereocenters. The molecular weight excluding hydrogens is 336 g/mol. The number of hydrogen-bond donors (Lipinski definition) is 5. The van der Waals surface area contributed by atoms with E-state index in [1.807, 2.05) is 6.92 Å². The molecule has 2 fully saturated rings. The molecule has 10 atom stereocenters. The molecule has 0 spiro atoms. The van der Waals surface area contributed by atoms with Crippen LogP contribution in [0.3, 0.4) is 0 Å². The molecule has 2 saturated heterocycles. The van der Waals surface area contributed by atoms with Gasteiger partial charge in [-0.25, -0.2) is 0 Å². The number of hydrogen-bond acceptors (Lipinski definition) is 9. The fourth-order valence-corrected chi connectivity index (χ4v) is 3.43. The quantitative estimate of drug-likeness (QED) is 0.374. The Kier molecular flexibility index (Phi) is 7.56. The maximum atomic E-state index is 10.3. The van der Waals surface area contributed by atoms with Crippen LogP contribution in [0.5, 0.6) is 0 Å². The molecule has 5 N–H and O–H groups in total. The molecule has 25 heavy (non-hydrogen) atoms. The Hall–Kier alpha value is -0.360. The third-order valence-electron chi connectivity index (χ3n) is 4.90. The van der Waals surface area contributed by atoms with E-state index < -0.39 is 61.2 Å². The molecule has 0 bridgehead atoms. The van der Waals surface area contributed by atoms with Crippen molar-refractivity contribution in [1.82, 2.24) is 0 Å². The zero-order chi connectivity index (χ0) is 18.7. The van der Waals surface area contributed by atoms with Crippen LogP contribution in [-0.4, -0.2) is 94.1 Å². The summed E-state index contributed by atoms with van der Waals surface area (Å²) in [6.45, 7) is 5.16. The van der Waals surface area contributed by atoms with Crippen LogP contribution in [0.1, 0.15) is 27.2 Å². The minimum absolute atomic E-state index is 0.305. The molecule has 0 aromatic rings. The lowest BCUT2D eigenvalue weighted by atomic mass is 9.87. The number of rotatable bonds is 6. The Labute approximate surface area is 147 Å². The van der Waals surface area contributed by atoms with Crippen molar-refractivity contribution in [2.45, 2.75) is 82.5 Å². The fourth-order valence-electron chi connectivity index (χ4n) is 3.43. The largest absolute Gasteiger partial charge is 0.394 e. The number of aliphatic hydroxyl groups excluding tert-OH is 5. The zero-order valence-electron chi connectivity index (χ0n) is 14.8. The first-order valence-corrected chi connectivity index (χ1v) is 8.76. The van der Waals surface area contributed by atoms with Crippen LogP contribution < -0.4 is 0 Å². The number of aliphatic hydroxyl groups is 5. The molecule has 0 amide bonds. The summed E-state index contributed by atoms with van der Waals surface area (Å²) in [6, 6.07) is 0. The molecule has 148 valence electrons. The Bertz CT molecular complexity index is 407. The summed E-state index contributed by atoms with van der Waals surface area (Å²) >= 11 is 0. The van der Waals surface area contributed by atoms with Crippen LogP contribution in [0, 0.1) is 5.92 Å². The van der Waals surface area contributed by atoms with E-state index in [-0.39, 0.29) is 6.61 Å². The van der Waals surface area contributed by atoms with Gasteiger partial charge in [-0.05, 0) is 20.3 Å². The normalized spacial score (nSPS) is 48.5. The van der Waals surface area contributed by atoms with Crippen LogP contribution in [0.25, 0.3) is 0 Å². The summed E-state index contributed by atoms with van der Waals surface area (Å²) in [4.78, 5) is 0. The topological polar surface area (TPSA) is 138 Å². The standard InChI is InChI=1S/C16H30O9/c1-4-8-9(6-17)24-16(12(20)10(8)18)25-14-7(3)23-15(22-5-2)13(21)11(14)19/h7-21H,4-6H2,1-3H3/t7?,8?,9?,10?,11?,12?,13?,14?,15-,16+/m1/s1. The molecule has 2 rings (SSSR count). The van der Waals surface area contributed by atoms with Crippen LogP contribution in [0.15, 0.2) is 0 Å². The highest BCUT2D eigenvalue weighted by Crippen LogP contribution is 2.32. The van der Waals surface area contributed by atoms with Gasteiger partial charge in [0.05, 0.1) is 24.9 Å². The first-order valence-electron chi connectivity index (χ1n) is 8.76. The summed E-state index contributed by atoms with van der Waals surface area (Å²) in [5.41, 5.74) is 0. The minimum atomic E-state index is -1.35. The third-order valence-corrected chi connectivity index (χ3v) is 4.90. The zero-order valence-corrected chi connectivity index (χ0v) is 14.8. The van der Waals surface area contributed by atoms with Gasteiger partial charge >= 0.3 is 0 Å². The predicted molar refractivity (Wildman–Crippen MR) is 84.4 cm³/mol. The second-order valence-electron chi connectivity index (χ2n) is 6.53. The number of ether oxygens (including phenoxy) is 4. The summed E-state index contributed by atoms with van der Waals surface area (Å²) in [7, 11) is 0. The highest BCUT2D eigenvalue weighted by Gasteiger charge is 2.49. The smallest absolute Gasteiger partial charge is 0.187 e. The maximum absolute atomic E-state index is 10.3. The summed E-state index contributed by atoms with van der Waals surface area (Å²) in [6.07, 6.45) is -9.25. The van der Waals surface area contributed by atoms with Crippen molar-refractivity contribution in [3.05, 3.63) is 0 Å². The maximum Gasteiger partial charge on any atom is 0.187 e. The van der Waals surface area contributed by atoms with Gasteiger partial charge in [-0.1, -0.05) is 6.92 Å². The molecule has 9 heteroatoms. The van der Waals surface area contributed by atoms with Gasteiger partial charge in [0, 0.05) is 12.5 Å². The summed E-state index contributed by atoms with van der Waals surface area (Å²) in [5.74, 6) is -0.433. The van der Waals surface area contributed by atoms with Gasteiger partial charge in [-0.2, -0.15) is 0 Å². The lowest BCUT2D eigenvalue weighted by Crippen LogP contribution is -2.62. The van der Waals surface area contributed by atoms with Crippen molar-refractivity contribution in [3.63, 3.8) is 0 Å². The molecular formula is C16H30O9. The van der Waals surface area contributed by atoms with E-state index in [2.05, 4.69) is 0 Å². The second kappa shape index (κ2) is 9.03. The predicted octanol–water partition coefficient (Wildman–Crippen LogP) is -1.66. The van der Waals surface area contributed by atoms with Gasteiger partial charge in [-0.3, -0.25) is 0 Å². The fraction of sp³-hybridized carbons (Fsp3) is 1.00. The Morgan fingerprint density at radius 1 is 0.880 bits per heavy atom. The lowest BCUT2D eigenvalue weighted by Gasteiger charge is -2.46. The van der Waals surface area contributed by atoms with Crippen LogP contribution in [-0.2, 0) is 18.9 Å². The monoisotopic (exact) mass is 366 g/mol. The first-order chi connectivity index (χ1) is 11.8.